The predicted molar refractivity (Wildman–Crippen MR) is 102 cm³/mol. The first-order valence-corrected chi connectivity index (χ1v) is 9.63. The summed E-state index contributed by atoms with van der Waals surface area (Å²) >= 11 is 0. The molecule has 1 aromatic carbocycles. The summed E-state index contributed by atoms with van der Waals surface area (Å²) in [6.45, 7) is 2.89. The lowest BCUT2D eigenvalue weighted by Gasteiger charge is -2.28. The van der Waals surface area contributed by atoms with Gasteiger partial charge in [0.15, 0.2) is 0 Å². The van der Waals surface area contributed by atoms with E-state index in [9.17, 15) is 14.7 Å². The van der Waals surface area contributed by atoms with Gasteiger partial charge in [-0.25, -0.2) is 9.18 Å². The Morgan fingerprint density at radius 3 is 2.79 bits per heavy atom. The summed E-state index contributed by atoms with van der Waals surface area (Å²) in [5.74, 6) is -1.81. The highest BCUT2D eigenvalue weighted by Gasteiger charge is 2.45. The van der Waals surface area contributed by atoms with Crippen molar-refractivity contribution in [3.8, 4) is 0 Å². The number of nitrogens with two attached hydrogens (primary N) is 1. The number of aromatic nitrogens is 1. The third-order valence-corrected chi connectivity index (χ3v) is 6.27. The second-order valence-corrected chi connectivity index (χ2v) is 8.05. The van der Waals surface area contributed by atoms with Crippen LogP contribution in [-0.4, -0.2) is 47.0 Å². The zero-order valence-electron chi connectivity index (χ0n) is 15.5. The summed E-state index contributed by atoms with van der Waals surface area (Å²) in [5, 5.41) is 9.53. The lowest BCUT2D eigenvalue weighted by Crippen LogP contribution is -2.35. The summed E-state index contributed by atoms with van der Waals surface area (Å²) in [5.41, 5.74) is 6.96. The molecule has 3 fully saturated rings. The number of rotatable bonds is 3. The van der Waals surface area contributed by atoms with E-state index in [1.54, 1.807) is 6.92 Å². The number of carboxylic acid groups (broad SMARTS) is 1. The van der Waals surface area contributed by atoms with Crippen molar-refractivity contribution >= 4 is 22.6 Å². The molecular weight excluding hydrogens is 365 g/mol. The van der Waals surface area contributed by atoms with Crippen molar-refractivity contribution in [1.82, 2.24) is 4.57 Å². The molecule has 0 bridgehead atoms. The predicted octanol–water partition coefficient (Wildman–Crippen LogP) is 1.79. The van der Waals surface area contributed by atoms with Gasteiger partial charge in [-0.3, -0.25) is 4.79 Å². The van der Waals surface area contributed by atoms with Gasteiger partial charge >= 0.3 is 5.97 Å². The second-order valence-electron chi connectivity index (χ2n) is 8.05. The van der Waals surface area contributed by atoms with Crippen LogP contribution in [0.25, 0.3) is 10.9 Å². The minimum Gasteiger partial charge on any atom is -0.477 e. The number of carboxylic acids is 1. The number of fused-ring (bicyclic) bond motifs is 2. The van der Waals surface area contributed by atoms with Gasteiger partial charge in [0.2, 0.25) is 5.43 Å². The number of halogens is 1. The molecule has 1 saturated carbocycles. The number of pyridine rings is 1. The summed E-state index contributed by atoms with van der Waals surface area (Å²) in [6.07, 6.45) is 3.90. The highest BCUT2D eigenvalue weighted by Crippen LogP contribution is 2.42. The van der Waals surface area contributed by atoms with Crippen LogP contribution >= 0.6 is 0 Å². The highest BCUT2D eigenvalue weighted by atomic mass is 19.1. The number of hydrogen-bond acceptors (Lipinski definition) is 5. The minimum atomic E-state index is -1.29. The molecule has 148 valence electrons. The molecular formula is C20H22FN3O4. The van der Waals surface area contributed by atoms with E-state index >= 15 is 4.39 Å². The molecule has 3 heterocycles. The summed E-state index contributed by atoms with van der Waals surface area (Å²) in [7, 11) is 0. The van der Waals surface area contributed by atoms with Gasteiger partial charge < -0.3 is 25.0 Å². The van der Waals surface area contributed by atoms with Gasteiger partial charge in [0.1, 0.15) is 11.4 Å². The zero-order chi connectivity index (χ0) is 19.7. The Labute approximate surface area is 160 Å². The number of carbonyl (C=O) groups is 1. The first-order chi connectivity index (χ1) is 13.4. The quantitative estimate of drug-likeness (QED) is 0.833. The Hall–Kier alpha value is -2.45. The van der Waals surface area contributed by atoms with Gasteiger partial charge in [-0.2, -0.15) is 0 Å². The van der Waals surface area contributed by atoms with E-state index in [1.807, 2.05) is 9.47 Å². The van der Waals surface area contributed by atoms with Crippen LogP contribution in [0.15, 0.2) is 17.1 Å². The SMILES string of the molecule is Cc1c(N2C[C@H](N)[C@H]3OCC[C@H]32)c(F)cc2c(=O)c(C(=O)O)cn(C3CC3)c12. The van der Waals surface area contributed by atoms with Gasteiger partial charge in [-0.05, 0) is 37.8 Å². The number of benzene rings is 1. The molecule has 8 heteroatoms. The van der Waals surface area contributed by atoms with Crippen molar-refractivity contribution in [2.24, 2.45) is 5.73 Å². The van der Waals surface area contributed by atoms with Crippen LogP contribution in [0.3, 0.4) is 0 Å². The summed E-state index contributed by atoms with van der Waals surface area (Å²) in [4.78, 5) is 26.2. The Bertz CT molecular complexity index is 1060. The highest BCUT2D eigenvalue weighted by molar-refractivity contribution is 5.95. The van der Waals surface area contributed by atoms with Gasteiger partial charge in [0.05, 0.1) is 29.4 Å². The monoisotopic (exact) mass is 387 g/mol. The lowest BCUT2D eigenvalue weighted by atomic mass is 10.0. The number of hydrogen-bond donors (Lipinski definition) is 2. The molecule has 3 aliphatic rings. The number of anilines is 1. The molecule has 28 heavy (non-hydrogen) atoms. The Balaban J connectivity index is 1.77. The van der Waals surface area contributed by atoms with Crippen molar-refractivity contribution in [1.29, 1.82) is 0 Å². The molecule has 3 atom stereocenters. The fourth-order valence-electron chi connectivity index (χ4n) is 4.88. The Kier molecular flexibility index (Phi) is 3.79. The van der Waals surface area contributed by atoms with Crippen LogP contribution in [0.4, 0.5) is 10.1 Å². The average Bonchev–Trinajstić information content (AvgIpc) is 3.28. The Morgan fingerprint density at radius 1 is 1.36 bits per heavy atom. The van der Waals surface area contributed by atoms with Crippen molar-refractivity contribution in [3.05, 3.63) is 39.4 Å². The van der Waals surface area contributed by atoms with E-state index < -0.39 is 17.2 Å². The van der Waals surface area contributed by atoms with E-state index in [0.717, 1.165) is 19.3 Å². The molecule has 0 spiro atoms. The molecule has 1 aliphatic carbocycles. The van der Waals surface area contributed by atoms with Crippen LogP contribution in [-0.2, 0) is 4.74 Å². The molecule has 5 rings (SSSR count). The molecule has 0 amide bonds. The molecule has 1 aromatic heterocycles. The summed E-state index contributed by atoms with van der Waals surface area (Å²) in [6, 6.07) is 1.16. The zero-order valence-corrected chi connectivity index (χ0v) is 15.5. The number of ether oxygens (including phenoxy) is 1. The second kappa shape index (κ2) is 6.02. The summed E-state index contributed by atoms with van der Waals surface area (Å²) < 4.78 is 22.8. The topological polar surface area (TPSA) is 97.8 Å². The molecule has 2 aliphatic heterocycles. The minimum absolute atomic E-state index is 0.0139. The van der Waals surface area contributed by atoms with Crippen molar-refractivity contribution < 1.29 is 19.0 Å². The Morgan fingerprint density at radius 2 is 2.11 bits per heavy atom. The molecule has 7 nitrogen and oxygen atoms in total. The first kappa shape index (κ1) is 17.6. The number of aryl methyl sites for hydroxylation is 1. The van der Waals surface area contributed by atoms with Gasteiger partial charge in [-0.1, -0.05) is 0 Å². The lowest BCUT2D eigenvalue weighted by molar-refractivity contribution is 0.0695. The van der Waals surface area contributed by atoms with Crippen molar-refractivity contribution in [2.75, 3.05) is 18.1 Å². The maximum Gasteiger partial charge on any atom is 0.341 e. The molecule has 3 N–H and O–H groups in total. The average molecular weight is 387 g/mol. The van der Waals surface area contributed by atoms with Crippen molar-refractivity contribution in [2.45, 2.75) is 50.4 Å². The normalized spacial score (nSPS) is 26.8. The van der Waals surface area contributed by atoms with E-state index in [2.05, 4.69) is 0 Å². The van der Waals surface area contributed by atoms with E-state index in [0.29, 0.717) is 29.9 Å². The maximum absolute atomic E-state index is 15.3. The molecule has 2 aromatic rings. The maximum atomic E-state index is 15.3. The largest absolute Gasteiger partial charge is 0.477 e. The van der Waals surface area contributed by atoms with Crippen LogP contribution in [0.5, 0.6) is 0 Å². The fraction of sp³-hybridized carbons (Fsp3) is 0.500. The standard InChI is InChI=1S/C20H22FN3O4/c1-9-16-11(18(25)12(20(26)27)7-23(16)10-2-3-10)6-13(21)17(9)24-8-14(22)19-15(24)4-5-28-19/h6-7,10,14-15,19H,2-5,8,22H2,1H3,(H,26,27)/t14-,15+,19+/m0/s1. The third kappa shape index (κ3) is 2.41. The van der Waals surface area contributed by atoms with Gasteiger partial charge in [0.25, 0.3) is 0 Å². The van der Waals surface area contributed by atoms with E-state index in [4.69, 9.17) is 10.5 Å². The molecule has 0 unspecified atom stereocenters. The van der Waals surface area contributed by atoms with Crippen LogP contribution in [0, 0.1) is 12.7 Å². The number of aromatic carboxylic acids is 1. The molecule has 0 radical (unpaired) electrons. The van der Waals surface area contributed by atoms with E-state index in [-0.39, 0.29) is 35.2 Å². The van der Waals surface area contributed by atoms with Crippen LogP contribution in [0.2, 0.25) is 0 Å². The van der Waals surface area contributed by atoms with Crippen LogP contribution in [0.1, 0.15) is 41.2 Å². The number of nitrogens with zero attached hydrogens (tertiary/aromatic N) is 2. The van der Waals surface area contributed by atoms with Gasteiger partial charge in [-0.15, -0.1) is 0 Å². The smallest absolute Gasteiger partial charge is 0.341 e. The van der Waals surface area contributed by atoms with Crippen LogP contribution < -0.4 is 16.1 Å². The van der Waals surface area contributed by atoms with Crippen molar-refractivity contribution in [3.63, 3.8) is 0 Å². The van der Waals surface area contributed by atoms with E-state index in [1.165, 1.54) is 12.3 Å². The first-order valence-electron chi connectivity index (χ1n) is 9.63. The third-order valence-electron chi connectivity index (χ3n) is 6.27. The molecule has 2 saturated heterocycles. The van der Waals surface area contributed by atoms with Gasteiger partial charge in [0, 0.05) is 30.8 Å². The fourth-order valence-corrected chi connectivity index (χ4v) is 4.88.